The molecule has 0 fully saturated rings. The monoisotopic (exact) mass is 759 g/mol. The first kappa shape index (κ1) is 50.1. The lowest BCUT2D eigenvalue weighted by molar-refractivity contribution is -0.146. The Morgan fingerprint density at radius 2 is 0.765 bits per heavy atom. The van der Waals surface area contributed by atoms with E-state index in [9.17, 15) is 14.4 Å². The summed E-state index contributed by atoms with van der Waals surface area (Å²) in [6, 6.07) is 0. The summed E-state index contributed by atoms with van der Waals surface area (Å²) >= 11 is 6.38. The molecule has 6 nitrogen and oxygen atoms in total. The predicted molar refractivity (Wildman–Crippen MR) is 222 cm³/mol. The zero-order valence-corrected chi connectivity index (χ0v) is 35.2. The lowest BCUT2D eigenvalue weighted by Gasteiger charge is -2.20. The van der Waals surface area contributed by atoms with E-state index in [0.717, 1.165) is 51.4 Å². The average molecular weight is 759 g/mol. The third-order valence-electron chi connectivity index (χ3n) is 9.77. The molecule has 1 atom stereocenters. The Bertz CT molecular complexity index is 734. The van der Waals surface area contributed by atoms with Crippen LogP contribution in [-0.4, -0.2) is 46.1 Å². The number of hydrogen-bond donors (Lipinski definition) is 2. The predicted octanol–water partition coefficient (Wildman–Crippen LogP) is 13.8. The SMILES string of the molecule is CCCCCCCCCCCCCCCC(=O)OCC(COC(=O)CCCCCCCCCCCCCCC)SC(S)CCCCCCC(=O)O. The van der Waals surface area contributed by atoms with Crippen LogP contribution in [0.1, 0.15) is 232 Å². The molecule has 0 rings (SSSR count). The van der Waals surface area contributed by atoms with Crippen molar-refractivity contribution in [3.05, 3.63) is 0 Å². The number of hydrogen-bond acceptors (Lipinski definition) is 7. The van der Waals surface area contributed by atoms with Crippen LogP contribution in [0.3, 0.4) is 0 Å². The molecule has 1 N–H and O–H groups in total. The molecule has 0 aromatic heterocycles. The van der Waals surface area contributed by atoms with E-state index in [-0.39, 0.29) is 41.4 Å². The standard InChI is InChI=1S/C43H82O6S2/c1-3-5-7-9-11-13-15-17-19-21-23-25-30-34-41(46)48-37-39(51-43(50)36-32-28-27-29-33-40(44)45)38-49-42(47)35-31-26-24-22-20-18-16-14-12-10-8-6-4-2/h39,43,50H,3-38H2,1-2H3,(H,44,45). The van der Waals surface area contributed by atoms with Crippen molar-refractivity contribution in [1.82, 2.24) is 0 Å². The van der Waals surface area contributed by atoms with Crippen LogP contribution < -0.4 is 0 Å². The lowest BCUT2D eigenvalue weighted by Crippen LogP contribution is -2.24. The van der Waals surface area contributed by atoms with Gasteiger partial charge in [0.25, 0.3) is 0 Å². The molecule has 0 aromatic rings. The van der Waals surface area contributed by atoms with E-state index < -0.39 is 5.97 Å². The van der Waals surface area contributed by atoms with Crippen molar-refractivity contribution in [2.75, 3.05) is 13.2 Å². The van der Waals surface area contributed by atoms with Gasteiger partial charge in [-0.15, -0.1) is 11.8 Å². The van der Waals surface area contributed by atoms with Crippen LogP contribution in [-0.2, 0) is 23.9 Å². The fraction of sp³-hybridized carbons (Fsp3) is 0.930. The van der Waals surface area contributed by atoms with Crippen LogP contribution >= 0.6 is 24.4 Å². The number of carbonyl (C=O) groups is 3. The Labute approximate surface area is 325 Å². The number of thioether (sulfide) groups is 1. The minimum atomic E-state index is -0.743. The largest absolute Gasteiger partial charge is 0.481 e. The second-order valence-electron chi connectivity index (χ2n) is 14.9. The van der Waals surface area contributed by atoms with Crippen LogP contribution in [0.5, 0.6) is 0 Å². The fourth-order valence-corrected chi connectivity index (χ4v) is 8.20. The van der Waals surface area contributed by atoms with E-state index in [1.165, 1.54) is 141 Å². The van der Waals surface area contributed by atoms with Gasteiger partial charge in [0.15, 0.2) is 0 Å². The smallest absolute Gasteiger partial charge is 0.305 e. The van der Waals surface area contributed by atoms with Crippen molar-refractivity contribution in [3.8, 4) is 0 Å². The summed E-state index contributed by atoms with van der Waals surface area (Å²) in [6.07, 6.45) is 38.6. The van der Waals surface area contributed by atoms with Crippen LogP contribution in [0, 0.1) is 0 Å². The molecule has 51 heavy (non-hydrogen) atoms. The van der Waals surface area contributed by atoms with Crippen LogP contribution in [0.15, 0.2) is 0 Å². The summed E-state index contributed by atoms with van der Waals surface area (Å²) in [6.45, 7) is 4.98. The second kappa shape index (κ2) is 40.3. The summed E-state index contributed by atoms with van der Waals surface area (Å²) < 4.78 is 11.4. The number of carbonyl (C=O) groups excluding carboxylic acids is 2. The van der Waals surface area contributed by atoms with Crippen molar-refractivity contribution < 1.29 is 29.0 Å². The highest BCUT2D eigenvalue weighted by molar-refractivity contribution is 8.10. The topological polar surface area (TPSA) is 89.9 Å². The van der Waals surface area contributed by atoms with E-state index in [1.54, 1.807) is 11.8 Å². The highest BCUT2D eigenvalue weighted by atomic mass is 32.2. The molecular formula is C43H82O6S2. The molecule has 0 aromatic carbocycles. The van der Waals surface area contributed by atoms with Crippen LogP contribution in [0.25, 0.3) is 0 Å². The van der Waals surface area contributed by atoms with Crippen LogP contribution in [0.2, 0.25) is 0 Å². The van der Waals surface area contributed by atoms with Crippen LogP contribution in [0.4, 0.5) is 0 Å². The Balaban J connectivity index is 4.24. The van der Waals surface area contributed by atoms with Gasteiger partial charge in [0.1, 0.15) is 13.2 Å². The normalized spacial score (nSPS) is 12.0. The first-order chi connectivity index (χ1) is 24.9. The third kappa shape index (κ3) is 40.1. The van der Waals surface area contributed by atoms with Gasteiger partial charge in [-0.3, -0.25) is 14.4 Å². The van der Waals surface area contributed by atoms with Gasteiger partial charge in [0.2, 0.25) is 0 Å². The number of aliphatic carboxylic acids is 1. The van der Waals surface area contributed by atoms with Crippen molar-refractivity contribution in [3.63, 3.8) is 0 Å². The molecule has 0 bridgehead atoms. The summed E-state index contributed by atoms with van der Waals surface area (Å²) in [7, 11) is 0. The van der Waals surface area contributed by atoms with Gasteiger partial charge in [-0.05, 0) is 25.7 Å². The molecule has 0 aliphatic heterocycles. The van der Waals surface area contributed by atoms with E-state index in [0.29, 0.717) is 19.3 Å². The molecule has 0 heterocycles. The van der Waals surface area contributed by atoms with Gasteiger partial charge < -0.3 is 14.6 Å². The molecule has 0 aliphatic rings. The van der Waals surface area contributed by atoms with Gasteiger partial charge in [-0.2, -0.15) is 12.6 Å². The zero-order chi connectivity index (χ0) is 37.5. The highest BCUT2D eigenvalue weighted by Crippen LogP contribution is 2.27. The minimum Gasteiger partial charge on any atom is -0.481 e. The molecule has 0 spiro atoms. The van der Waals surface area contributed by atoms with E-state index in [2.05, 4.69) is 13.8 Å². The maximum Gasteiger partial charge on any atom is 0.305 e. The molecule has 302 valence electrons. The number of carboxylic acids is 1. The van der Waals surface area contributed by atoms with E-state index in [4.69, 9.17) is 27.2 Å². The second-order valence-corrected chi connectivity index (χ2v) is 17.4. The van der Waals surface area contributed by atoms with Crippen molar-refractivity contribution in [1.29, 1.82) is 0 Å². The third-order valence-corrected chi connectivity index (χ3v) is 11.6. The molecule has 0 saturated heterocycles. The van der Waals surface area contributed by atoms with Crippen molar-refractivity contribution >= 4 is 42.3 Å². The Hall–Kier alpha value is -0.890. The molecule has 0 saturated carbocycles. The molecule has 8 heteroatoms. The Morgan fingerprint density at radius 3 is 1.10 bits per heavy atom. The number of esters is 2. The molecular weight excluding hydrogens is 677 g/mol. The first-order valence-corrected chi connectivity index (χ1v) is 23.2. The zero-order valence-electron chi connectivity index (χ0n) is 33.5. The maximum atomic E-state index is 12.5. The van der Waals surface area contributed by atoms with Crippen molar-refractivity contribution in [2.24, 2.45) is 0 Å². The van der Waals surface area contributed by atoms with E-state index >= 15 is 0 Å². The fourth-order valence-electron chi connectivity index (χ4n) is 6.46. The number of thiol groups is 1. The number of ether oxygens (including phenoxy) is 2. The van der Waals surface area contributed by atoms with Crippen molar-refractivity contribution in [2.45, 2.75) is 242 Å². The number of unbranched alkanes of at least 4 members (excludes halogenated alkanes) is 27. The van der Waals surface area contributed by atoms with Gasteiger partial charge >= 0.3 is 17.9 Å². The Kier molecular flexibility index (Phi) is 39.6. The number of carboxylic acid groups (broad SMARTS) is 1. The summed E-state index contributed by atoms with van der Waals surface area (Å²) in [5, 5.41) is 8.68. The average Bonchev–Trinajstić information content (AvgIpc) is 3.11. The molecule has 1 unspecified atom stereocenters. The summed E-state index contributed by atoms with van der Waals surface area (Å²) in [5.74, 6) is -1.08. The Morgan fingerprint density at radius 1 is 0.471 bits per heavy atom. The van der Waals surface area contributed by atoms with Gasteiger partial charge in [-0.1, -0.05) is 187 Å². The minimum absolute atomic E-state index is 0.0361. The van der Waals surface area contributed by atoms with Gasteiger partial charge in [-0.25, -0.2) is 0 Å². The number of rotatable bonds is 41. The van der Waals surface area contributed by atoms with E-state index in [1.807, 2.05) is 0 Å². The molecule has 0 amide bonds. The van der Waals surface area contributed by atoms with Gasteiger partial charge in [0.05, 0.1) is 5.25 Å². The van der Waals surface area contributed by atoms with Gasteiger partial charge in [0, 0.05) is 23.8 Å². The molecule has 0 radical (unpaired) electrons. The molecule has 0 aliphatic carbocycles. The lowest BCUT2D eigenvalue weighted by atomic mass is 10.0. The highest BCUT2D eigenvalue weighted by Gasteiger charge is 2.19. The summed E-state index contributed by atoms with van der Waals surface area (Å²) in [4.78, 5) is 35.8. The maximum absolute atomic E-state index is 12.5. The quantitative estimate of drug-likeness (QED) is 0.0278. The first-order valence-electron chi connectivity index (χ1n) is 21.8. The summed E-state index contributed by atoms with van der Waals surface area (Å²) in [5.41, 5.74) is 0.